The minimum Gasteiger partial charge on any atom is -0.463 e. The lowest BCUT2D eigenvalue weighted by atomic mass is 9.98. The van der Waals surface area contributed by atoms with Crippen molar-refractivity contribution in [2.75, 3.05) is 6.61 Å². The van der Waals surface area contributed by atoms with E-state index >= 15 is 0 Å². The van der Waals surface area contributed by atoms with Crippen molar-refractivity contribution < 1.29 is 14.6 Å². The van der Waals surface area contributed by atoms with Gasteiger partial charge in [0.2, 0.25) is 0 Å². The van der Waals surface area contributed by atoms with Crippen molar-refractivity contribution in [1.29, 1.82) is 0 Å². The highest BCUT2D eigenvalue weighted by Gasteiger charge is 2.12. The van der Waals surface area contributed by atoms with Gasteiger partial charge in [-0.25, -0.2) is 4.79 Å². The number of hydrogen-bond acceptors (Lipinski definition) is 3. The number of aliphatic hydroxyl groups excluding tert-OH is 1. The molecule has 0 aromatic rings. The Morgan fingerprint density at radius 2 is 1.55 bits per heavy atom. The fourth-order valence-electron chi connectivity index (χ4n) is 2.59. The highest BCUT2D eigenvalue weighted by molar-refractivity contribution is 5.82. The molecule has 0 spiro atoms. The van der Waals surface area contributed by atoms with Crippen molar-refractivity contribution in [3.05, 3.63) is 11.6 Å². The van der Waals surface area contributed by atoms with Crippen LogP contribution in [0.25, 0.3) is 0 Å². The number of rotatable bonds is 14. The second-order valence-corrected chi connectivity index (χ2v) is 6.00. The summed E-state index contributed by atoms with van der Waals surface area (Å²) < 4.78 is 4.96. The zero-order valence-electron chi connectivity index (χ0n) is 14.9. The second-order valence-electron chi connectivity index (χ2n) is 6.00. The van der Waals surface area contributed by atoms with E-state index in [1.807, 2.05) is 6.92 Å². The van der Waals surface area contributed by atoms with E-state index in [-0.39, 0.29) is 5.97 Å². The van der Waals surface area contributed by atoms with Gasteiger partial charge >= 0.3 is 5.97 Å². The number of carbonyl (C=O) groups excluding carboxylic acids is 1. The SMILES string of the molecule is CCCCCCCCCCC(=CC(=O)OCC)C(O)CCC. The van der Waals surface area contributed by atoms with Crippen molar-refractivity contribution in [2.24, 2.45) is 0 Å². The molecule has 0 radical (unpaired) electrons. The van der Waals surface area contributed by atoms with E-state index in [9.17, 15) is 9.90 Å². The second kappa shape index (κ2) is 15.1. The molecule has 0 saturated heterocycles. The molecular formula is C19H36O3. The monoisotopic (exact) mass is 312 g/mol. The van der Waals surface area contributed by atoms with Crippen LogP contribution in [0.5, 0.6) is 0 Å². The van der Waals surface area contributed by atoms with E-state index in [0.717, 1.165) is 24.8 Å². The summed E-state index contributed by atoms with van der Waals surface area (Å²) in [5.41, 5.74) is 0.839. The van der Waals surface area contributed by atoms with Gasteiger partial charge in [-0.05, 0) is 31.8 Å². The first kappa shape index (κ1) is 21.2. The molecule has 0 heterocycles. The van der Waals surface area contributed by atoms with Crippen LogP contribution in [0.15, 0.2) is 11.6 Å². The lowest BCUT2D eigenvalue weighted by Gasteiger charge is -2.14. The molecule has 0 aromatic carbocycles. The van der Waals surface area contributed by atoms with E-state index in [1.54, 1.807) is 6.92 Å². The highest BCUT2D eigenvalue weighted by atomic mass is 16.5. The summed E-state index contributed by atoms with van der Waals surface area (Å²) in [6, 6.07) is 0. The van der Waals surface area contributed by atoms with E-state index in [2.05, 4.69) is 6.92 Å². The van der Waals surface area contributed by atoms with Crippen LogP contribution < -0.4 is 0 Å². The Bertz CT molecular complexity index is 297. The molecule has 3 heteroatoms. The zero-order valence-corrected chi connectivity index (χ0v) is 14.9. The van der Waals surface area contributed by atoms with Gasteiger partial charge < -0.3 is 9.84 Å². The van der Waals surface area contributed by atoms with Crippen LogP contribution in [0.4, 0.5) is 0 Å². The van der Waals surface area contributed by atoms with Gasteiger partial charge in [-0.1, -0.05) is 65.2 Å². The number of esters is 1. The molecule has 1 N–H and O–H groups in total. The molecule has 130 valence electrons. The van der Waals surface area contributed by atoms with Crippen LogP contribution in [0.1, 0.15) is 91.4 Å². The topological polar surface area (TPSA) is 46.5 Å². The van der Waals surface area contributed by atoms with Gasteiger partial charge in [-0.2, -0.15) is 0 Å². The first-order chi connectivity index (χ1) is 10.7. The minimum atomic E-state index is -0.501. The Balaban J connectivity index is 4.05. The standard InChI is InChI=1S/C19H36O3/c1-4-7-8-9-10-11-12-13-15-17(18(20)14-5-2)16-19(21)22-6-3/h16,18,20H,4-15H2,1-3H3. The summed E-state index contributed by atoms with van der Waals surface area (Å²) in [5.74, 6) is -0.327. The van der Waals surface area contributed by atoms with E-state index in [4.69, 9.17) is 4.74 Å². The molecule has 0 aliphatic heterocycles. The third kappa shape index (κ3) is 11.8. The fraction of sp³-hybridized carbons (Fsp3) is 0.842. The van der Waals surface area contributed by atoms with Crippen LogP contribution >= 0.6 is 0 Å². The molecule has 1 atom stereocenters. The summed E-state index contributed by atoms with van der Waals surface area (Å²) >= 11 is 0. The highest BCUT2D eigenvalue weighted by Crippen LogP contribution is 2.18. The van der Waals surface area contributed by atoms with Gasteiger partial charge in [0.05, 0.1) is 12.7 Å². The van der Waals surface area contributed by atoms with Crippen LogP contribution in [0.2, 0.25) is 0 Å². The number of unbranched alkanes of at least 4 members (excludes halogenated alkanes) is 7. The summed E-state index contributed by atoms with van der Waals surface area (Å²) in [6.45, 7) is 6.46. The lowest BCUT2D eigenvalue weighted by Crippen LogP contribution is -2.13. The number of hydrogen-bond donors (Lipinski definition) is 1. The van der Waals surface area contributed by atoms with Crippen molar-refractivity contribution >= 4 is 5.97 Å². The molecule has 0 aliphatic carbocycles. The number of carbonyl (C=O) groups is 1. The Kier molecular flexibility index (Phi) is 14.5. The van der Waals surface area contributed by atoms with Gasteiger partial charge in [0, 0.05) is 6.08 Å². The normalized spacial score (nSPS) is 13.2. The lowest BCUT2D eigenvalue weighted by molar-refractivity contribution is -0.137. The van der Waals surface area contributed by atoms with E-state index < -0.39 is 6.10 Å². The maximum absolute atomic E-state index is 11.6. The average Bonchev–Trinajstić information content (AvgIpc) is 2.49. The van der Waals surface area contributed by atoms with Gasteiger partial charge in [-0.15, -0.1) is 0 Å². The van der Waals surface area contributed by atoms with Crippen molar-refractivity contribution in [3.8, 4) is 0 Å². The minimum absolute atomic E-state index is 0.327. The predicted molar refractivity (Wildman–Crippen MR) is 92.9 cm³/mol. The molecule has 0 fully saturated rings. The molecule has 0 bridgehead atoms. The predicted octanol–water partition coefficient (Wildman–Crippen LogP) is 5.17. The van der Waals surface area contributed by atoms with Gasteiger partial charge in [0.1, 0.15) is 0 Å². The summed E-state index contributed by atoms with van der Waals surface area (Å²) in [4.78, 5) is 11.6. The Labute approximate surface area is 137 Å². The molecule has 1 unspecified atom stereocenters. The largest absolute Gasteiger partial charge is 0.463 e. The Morgan fingerprint density at radius 3 is 2.09 bits per heavy atom. The van der Waals surface area contributed by atoms with E-state index in [0.29, 0.717) is 13.0 Å². The maximum atomic E-state index is 11.6. The molecule has 0 amide bonds. The maximum Gasteiger partial charge on any atom is 0.330 e. The summed E-state index contributed by atoms with van der Waals surface area (Å²) in [6.07, 6.45) is 13.5. The Hall–Kier alpha value is -0.830. The molecule has 0 saturated carbocycles. The average molecular weight is 312 g/mol. The quantitative estimate of drug-likeness (QED) is 0.273. The van der Waals surface area contributed by atoms with Crippen LogP contribution in [0.3, 0.4) is 0 Å². The van der Waals surface area contributed by atoms with Crippen molar-refractivity contribution in [2.45, 2.75) is 97.5 Å². The first-order valence-electron chi connectivity index (χ1n) is 9.20. The van der Waals surface area contributed by atoms with Gasteiger partial charge in [0.15, 0.2) is 0 Å². The zero-order chi connectivity index (χ0) is 16.6. The van der Waals surface area contributed by atoms with Crippen LogP contribution in [0, 0.1) is 0 Å². The molecule has 0 aliphatic rings. The smallest absolute Gasteiger partial charge is 0.330 e. The number of aliphatic hydroxyl groups is 1. The molecule has 22 heavy (non-hydrogen) atoms. The molecule has 3 nitrogen and oxygen atoms in total. The fourth-order valence-corrected chi connectivity index (χ4v) is 2.59. The molecule has 0 rings (SSSR count). The number of ether oxygens (including phenoxy) is 1. The Morgan fingerprint density at radius 1 is 0.955 bits per heavy atom. The molecular weight excluding hydrogens is 276 g/mol. The van der Waals surface area contributed by atoms with Crippen LogP contribution in [-0.4, -0.2) is 23.8 Å². The molecule has 0 aromatic heterocycles. The van der Waals surface area contributed by atoms with Gasteiger partial charge in [-0.3, -0.25) is 0 Å². The summed E-state index contributed by atoms with van der Waals surface area (Å²) in [7, 11) is 0. The third-order valence-corrected chi connectivity index (χ3v) is 3.90. The van der Waals surface area contributed by atoms with Crippen molar-refractivity contribution in [3.63, 3.8) is 0 Å². The van der Waals surface area contributed by atoms with Gasteiger partial charge in [0.25, 0.3) is 0 Å². The third-order valence-electron chi connectivity index (χ3n) is 3.90. The first-order valence-corrected chi connectivity index (χ1v) is 9.20. The summed E-state index contributed by atoms with van der Waals surface area (Å²) in [5, 5.41) is 10.1. The van der Waals surface area contributed by atoms with Crippen molar-refractivity contribution in [1.82, 2.24) is 0 Å². The van der Waals surface area contributed by atoms with Crippen LogP contribution in [-0.2, 0) is 9.53 Å². The van der Waals surface area contributed by atoms with E-state index in [1.165, 1.54) is 51.0 Å².